The van der Waals surface area contributed by atoms with E-state index in [1.165, 1.54) is 0 Å². The summed E-state index contributed by atoms with van der Waals surface area (Å²) in [4.78, 5) is 0. The summed E-state index contributed by atoms with van der Waals surface area (Å²) < 4.78 is 52.9. The first-order valence-electron chi connectivity index (χ1n) is 7.43. The highest BCUT2D eigenvalue weighted by Gasteiger charge is 2.23. The van der Waals surface area contributed by atoms with Crippen LogP contribution in [0.3, 0.4) is 0 Å². The zero-order valence-corrected chi connectivity index (χ0v) is 13.1. The molecule has 0 amide bonds. The molecule has 0 unspecified atom stereocenters. The normalized spacial score (nSPS) is 21.8. The molecule has 22 heavy (non-hydrogen) atoms. The third-order valence-electron chi connectivity index (χ3n) is 4.36. The fraction of sp³-hybridized carbons (Fsp3) is 0.294. The predicted molar refractivity (Wildman–Crippen MR) is 81.6 cm³/mol. The molecular weight excluding hydrogens is 308 g/mol. The summed E-state index contributed by atoms with van der Waals surface area (Å²) in [6.45, 7) is 0. The Kier molecular flexibility index (Phi) is 4.34. The molecule has 0 aromatic heterocycles. The first-order chi connectivity index (χ1) is 10.5. The number of hydrogen-bond acceptors (Lipinski definition) is 0. The van der Waals surface area contributed by atoms with E-state index in [0.717, 1.165) is 42.6 Å². The molecule has 0 nitrogen and oxygen atoms in total. The van der Waals surface area contributed by atoms with Gasteiger partial charge in [0.15, 0.2) is 17.5 Å². The maximum absolute atomic E-state index is 13.3. The van der Waals surface area contributed by atoms with Crippen molar-refractivity contribution >= 4 is 9.13 Å². The van der Waals surface area contributed by atoms with Crippen LogP contribution in [0.25, 0.3) is 11.1 Å². The second kappa shape index (κ2) is 6.24. The Labute approximate surface area is 128 Å². The minimum atomic E-state index is -1.95. The summed E-state index contributed by atoms with van der Waals surface area (Å²) in [5.41, 5.74) is 2.07. The molecule has 1 aliphatic rings. The van der Waals surface area contributed by atoms with Gasteiger partial charge in [0.2, 0.25) is 9.13 Å². The number of rotatable bonds is 2. The van der Waals surface area contributed by atoms with E-state index < -0.39 is 26.6 Å². The Morgan fingerprint density at radius 1 is 0.818 bits per heavy atom. The molecule has 0 spiro atoms. The van der Waals surface area contributed by atoms with Gasteiger partial charge < -0.3 is 4.11 Å². The van der Waals surface area contributed by atoms with Gasteiger partial charge in [-0.1, -0.05) is 24.3 Å². The average Bonchev–Trinajstić information content (AvgIpc) is 2.53. The van der Waals surface area contributed by atoms with E-state index in [1.54, 1.807) is 12.1 Å². The van der Waals surface area contributed by atoms with Crippen LogP contribution in [0.2, 0.25) is 12.1 Å². The van der Waals surface area contributed by atoms with Crippen molar-refractivity contribution in [3.05, 3.63) is 59.4 Å². The van der Waals surface area contributed by atoms with Crippen molar-refractivity contribution in [1.82, 2.24) is 0 Å². The minimum Gasteiger partial charge on any atom is -0.318 e. The van der Waals surface area contributed by atoms with E-state index in [1.807, 2.05) is 12.1 Å². The maximum Gasteiger partial charge on any atom is 0.232 e. The minimum absolute atomic E-state index is 0.308. The molecule has 0 N–H and O–H groups in total. The lowest BCUT2D eigenvalue weighted by Crippen LogP contribution is -2.15. The van der Waals surface area contributed by atoms with Gasteiger partial charge >= 0.3 is 0 Å². The van der Waals surface area contributed by atoms with E-state index in [-0.39, 0.29) is 0 Å². The fourth-order valence-electron chi connectivity index (χ4n) is 3.06. The van der Waals surface area contributed by atoms with Crippen LogP contribution in [0.5, 0.6) is 0 Å². The Bertz CT molecular complexity index is 638. The molecule has 1 heterocycles. The van der Waals surface area contributed by atoms with Crippen LogP contribution in [0.4, 0.5) is 17.3 Å². The van der Waals surface area contributed by atoms with Crippen molar-refractivity contribution in [3.63, 3.8) is 0 Å². The quantitative estimate of drug-likeness (QED) is 0.303. The van der Waals surface area contributed by atoms with Crippen LogP contribution in [-0.2, 0) is 0 Å². The van der Waals surface area contributed by atoms with Crippen molar-refractivity contribution in [1.29, 1.82) is 0 Å². The van der Waals surface area contributed by atoms with Crippen molar-refractivity contribution in [3.8, 4) is 11.1 Å². The molecule has 116 valence electrons. The predicted octanol–water partition coefficient (Wildman–Crippen LogP) is 5.34. The molecule has 3 rings (SSSR count). The second-order valence-corrected chi connectivity index (χ2v) is 8.17. The molecule has 1 saturated heterocycles. The van der Waals surface area contributed by atoms with Gasteiger partial charge in [0, 0.05) is 0 Å². The van der Waals surface area contributed by atoms with Crippen LogP contribution in [0.1, 0.15) is 24.3 Å². The van der Waals surface area contributed by atoms with E-state index in [9.17, 15) is 17.3 Å². The highest BCUT2D eigenvalue weighted by atomic mass is 28.3. The summed E-state index contributed by atoms with van der Waals surface area (Å²) in [6, 6.07) is 10.8. The van der Waals surface area contributed by atoms with Crippen molar-refractivity contribution in [2.75, 3.05) is 0 Å². The molecule has 0 atom stereocenters. The second-order valence-electron chi connectivity index (χ2n) is 5.82. The van der Waals surface area contributed by atoms with Gasteiger partial charge in [0.25, 0.3) is 0 Å². The molecule has 0 radical (unpaired) electrons. The highest BCUT2D eigenvalue weighted by Crippen LogP contribution is 2.35. The third-order valence-corrected chi connectivity index (χ3v) is 6.28. The zero-order chi connectivity index (χ0) is 15.7. The Balaban J connectivity index is 1.82. The Morgan fingerprint density at radius 3 is 1.91 bits per heavy atom. The summed E-state index contributed by atoms with van der Waals surface area (Å²) in [7, 11) is -1.95. The van der Waals surface area contributed by atoms with Crippen LogP contribution in [-0.4, -0.2) is 9.13 Å². The summed E-state index contributed by atoms with van der Waals surface area (Å²) >= 11 is 0. The van der Waals surface area contributed by atoms with E-state index in [2.05, 4.69) is 0 Å². The highest BCUT2D eigenvalue weighted by molar-refractivity contribution is 6.51. The standard InChI is InChI=1S/C17H16F4Si/c18-15-9-14(10-16(19)17(15)20)12-3-1-11(2-4-12)13-5-7-22(21)8-6-13/h1-4,9-10,13,22H,5-8H2. The average molecular weight is 324 g/mol. The van der Waals surface area contributed by atoms with Gasteiger partial charge in [-0.25, -0.2) is 13.2 Å². The number of benzene rings is 2. The van der Waals surface area contributed by atoms with E-state index in [4.69, 9.17) is 0 Å². The van der Waals surface area contributed by atoms with Crippen LogP contribution >= 0.6 is 0 Å². The number of hydrogen-bond donors (Lipinski definition) is 0. The maximum atomic E-state index is 13.3. The molecular formula is C17H16F4Si. The molecule has 1 fully saturated rings. The molecule has 5 heteroatoms. The van der Waals surface area contributed by atoms with Crippen molar-refractivity contribution in [2.24, 2.45) is 0 Å². The van der Waals surface area contributed by atoms with E-state index in [0.29, 0.717) is 17.0 Å². The molecule has 0 saturated carbocycles. The third kappa shape index (κ3) is 3.09. The molecule has 0 aliphatic carbocycles. The topological polar surface area (TPSA) is 0 Å². The van der Waals surface area contributed by atoms with Crippen molar-refractivity contribution < 1.29 is 17.3 Å². The molecule has 2 aromatic carbocycles. The van der Waals surface area contributed by atoms with Gasteiger partial charge in [-0.3, -0.25) is 0 Å². The first kappa shape index (κ1) is 15.3. The zero-order valence-electron chi connectivity index (χ0n) is 12.0. The first-order valence-corrected chi connectivity index (χ1v) is 9.50. The Hall–Kier alpha value is -1.62. The lowest BCUT2D eigenvalue weighted by molar-refractivity contribution is 0.448. The molecule has 0 bridgehead atoms. The molecule has 1 aliphatic heterocycles. The summed E-state index contributed by atoms with van der Waals surface area (Å²) in [6.07, 6.45) is 1.76. The van der Waals surface area contributed by atoms with Gasteiger partial charge in [-0.15, -0.1) is 0 Å². The summed E-state index contributed by atoms with van der Waals surface area (Å²) in [5, 5.41) is 0. The van der Waals surface area contributed by atoms with Crippen LogP contribution in [0, 0.1) is 17.5 Å². The van der Waals surface area contributed by atoms with Crippen LogP contribution < -0.4 is 0 Å². The van der Waals surface area contributed by atoms with Crippen molar-refractivity contribution in [2.45, 2.75) is 30.8 Å². The number of halogens is 4. The fourth-order valence-corrected chi connectivity index (χ4v) is 4.87. The van der Waals surface area contributed by atoms with Gasteiger partial charge in [0.1, 0.15) is 0 Å². The Morgan fingerprint density at radius 2 is 1.36 bits per heavy atom. The molecule has 2 aromatic rings. The van der Waals surface area contributed by atoms with Gasteiger partial charge in [-0.2, -0.15) is 0 Å². The van der Waals surface area contributed by atoms with Gasteiger partial charge in [0.05, 0.1) is 0 Å². The smallest absolute Gasteiger partial charge is 0.232 e. The lowest BCUT2D eigenvalue weighted by Gasteiger charge is -2.23. The monoisotopic (exact) mass is 324 g/mol. The lowest BCUT2D eigenvalue weighted by atomic mass is 9.92. The SMILES string of the molecule is Fc1cc(-c2ccc(C3CC[SiH](F)CC3)cc2)cc(F)c1F. The van der Waals surface area contributed by atoms with E-state index >= 15 is 0 Å². The largest absolute Gasteiger partial charge is 0.318 e. The summed E-state index contributed by atoms with van der Waals surface area (Å²) in [5.74, 6) is -3.46. The van der Waals surface area contributed by atoms with Gasteiger partial charge in [-0.05, 0) is 59.7 Å². The van der Waals surface area contributed by atoms with Crippen LogP contribution in [0.15, 0.2) is 36.4 Å².